The maximum atomic E-state index is 12.9. The summed E-state index contributed by atoms with van der Waals surface area (Å²) >= 11 is 0. The van der Waals surface area contributed by atoms with Gasteiger partial charge in [-0.15, -0.1) is 0 Å². The number of fused-ring (bicyclic) bond motifs is 1. The van der Waals surface area contributed by atoms with Gasteiger partial charge < -0.3 is 9.88 Å². The van der Waals surface area contributed by atoms with Gasteiger partial charge in [0.1, 0.15) is 5.82 Å². The first kappa shape index (κ1) is 18.4. The Balaban J connectivity index is 1.69. The van der Waals surface area contributed by atoms with Gasteiger partial charge in [0.25, 0.3) is 5.91 Å². The van der Waals surface area contributed by atoms with Gasteiger partial charge in [-0.2, -0.15) is 0 Å². The number of hydrogen-bond donors (Lipinski definition) is 1. The largest absolute Gasteiger partial charge is 0.334 e. The van der Waals surface area contributed by atoms with E-state index < -0.39 is 15.7 Å². The number of benzene rings is 2. The molecule has 0 aliphatic carbocycles. The maximum Gasteiger partial charge on any atom is 0.257 e. The van der Waals surface area contributed by atoms with Crippen molar-refractivity contribution in [3.05, 3.63) is 66.1 Å². The van der Waals surface area contributed by atoms with E-state index in [-0.39, 0.29) is 10.5 Å². The molecule has 1 aliphatic rings. The number of para-hydroxylation sites is 1. The summed E-state index contributed by atoms with van der Waals surface area (Å²) in [7, 11) is -3.51. The summed E-state index contributed by atoms with van der Waals surface area (Å²) in [6.45, 7) is 0.957. The van der Waals surface area contributed by atoms with Crippen LogP contribution in [0.1, 0.15) is 29.0 Å². The lowest BCUT2D eigenvalue weighted by Gasteiger charge is -2.12. The lowest BCUT2D eigenvalue weighted by atomic mass is 10.1. The first-order valence-corrected chi connectivity index (χ1v) is 11.1. The predicted molar refractivity (Wildman–Crippen MR) is 108 cm³/mol. The zero-order chi connectivity index (χ0) is 19.7. The van der Waals surface area contributed by atoms with Crippen molar-refractivity contribution in [1.29, 1.82) is 0 Å². The summed E-state index contributed by atoms with van der Waals surface area (Å²) < 4.78 is 26.2. The van der Waals surface area contributed by atoms with Crippen LogP contribution in [0.15, 0.2) is 59.6 Å². The van der Waals surface area contributed by atoms with Crippen molar-refractivity contribution >= 4 is 21.4 Å². The fourth-order valence-corrected chi connectivity index (χ4v) is 4.41. The molecule has 0 bridgehead atoms. The molecule has 0 spiro atoms. The Labute approximate surface area is 164 Å². The molecule has 0 saturated heterocycles. The Morgan fingerprint density at radius 2 is 1.82 bits per heavy atom. The van der Waals surface area contributed by atoms with Gasteiger partial charge in [0, 0.05) is 31.0 Å². The molecule has 0 saturated carbocycles. The summed E-state index contributed by atoms with van der Waals surface area (Å²) in [6.07, 6.45) is 6.35. The number of rotatable bonds is 4. The van der Waals surface area contributed by atoms with Crippen LogP contribution in [0.2, 0.25) is 0 Å². The van der Waals surface area contributed by atoms with Crippen molar-refractivity contribution in [3.63, 3.8) is 0 Å². The highest BCUT2D eigenvalue weighted by atomic mass is 32.2. The van der Waals surface area contributed by atoms with Crippen molar-refractivity contribution in [2.75, 3.05) is 11.6 Å². The molecule has 2 aromatic carbocycles. The first-order chi connectivity index (χ1) is 13.4. The van der Waals surface area contributed by atoms with E-state index in [1.54, 1.807) is 18.2 Å². The quantitative estimate of drug-likeness (QED) is 0.733. The number of anilines is 1. The molecule has 0 unspecified atom stereocenters. The van der Waals surface area contributed by atoms with E-state index in [0.717, 1.165) is 49.1 Å². The standard InChI is InChI=1S/C21H21N3O3S/c1-28(26,27)19-11-5-3-9-16(19)21(25)23-17-10-4-2-8-15(17)18-14-24-13-7-6-12-20(24)22-18/h2-5,8-11,14H,6-7,12-13H2,1H3,(H,23,25). The summed E-state index contributed by atoms with van der Waals surface area (Å²) in [5.41, 5.74) is 2.36. The first-order valence-electron chi connectivity index (χ1n) is 9.19. The predicted octanol–water partition coefficient (Wildman–Crippen LogP) is 3.54. The van der Waals surface area contributed by atoms with Crippen molar-refractivity contribution in [2.24, 2.45) is 0 Å². The van der Waals surface area contributed by atoms with E-state index in [1.165, 1.54) is 12.1 Å². The lowest BCUT2D eigenvalue weighted by molar-refractivity contribution is 0.102. The molecule has 0 radical (unpaired) electrons. The van der Waals surface area contributed by atoms with Crippen molar-refractivity contribution < 1.29 is 13.2 Å². The Morgan fingerprint density at radius 1 is 1.07 bits per heavy atom. The fourth-order valence-electron chi connectivity index (χ4n) is 3.53. The molecule has 1 amide bonds. The van der Waals surface area contributed by atoms with E-state index >= 15 is 0 Å². The Morgan fingerprint density at radius 3 is 2.61 bits per heavy atom. The second-order valence-corrected chi connectivity index (χ2v) is 8.95. The van der Waals surface area contributed by atoms with E-state index in [2.05, 4.69) is 9.88 Å². The van der Waals surface area contributed by atoms with Gasteiger partial charge in [0.2, 0.25) is 0 Å². The number of carbonyl (C=O) groups is 1. The average molecular weight is 395 g/mol. The molecule has 2 heterocycles. The molecule has 1 N–H and O–H groups in total. The van der Waals surface area contributed by atoms with Gasteiger partial charge in [-0.05, 0) is 31.0 Å². The van der Waals surface area contributed by atoms with Gasteiger partial charge in [-0.3, -0.25) is 4.79 Å². The van der Waals surface area contributed by atoms with Crippen molar-refractivity contribution in [1.82, 2.24) is 9.55 Å². The molecule has 0 fully saturated rings. The fraction of sp³-hybridized carbons (Fsp3) is 0.238. The highest BCUT2D eigenvalue weighted by Gasteiger charge is 2.20. The van der Waals surface area contributed by atoms with Gasteiger partial charge in [-0.1, -0.05) is 30.3 Å². The zero-order valence-electron chi connectivity index (χ0n) is 15.6. The molecule has 1 aliphatic heterocycles. The molecule has 7 heteroatoms. The van der Waals surface area contributed by atoms with Crippen molar-refractivity contribution in [3.8, 4) is 11.3 Å². The summed E-state index contributed by atoms with van der Waals surface area (Å²) in [5, 5.41) is 2.87. The van der Waals surface area contributed by atoms with E-state index in [4.69, 9.17) is 4.98 Å². The normalized spacial score (nSPS) is 13.8. The van der Waals surface area contributed by atoms with Crippen molar-refractivity contribution in [2.45, 2.75) is 30.7 Å². The minimum absolute atomic E-state index is 0.0161. The molecule has 6 nitrogen and oxygen atoms in total. The molecule has 28 heavy (non-hydrogen) atoms. The van der Waals surface area contributed by atoms with E-state index in [1.807, 2.05) is 24.4 Å². The molecular formula is C21H21N3O3S. The number of hydrogen-bond acceptors (Lipinski definition) is 4. The van der Waals surface area contributed by atoms with Crippen LogP contribution in [0.3, 0.4) is 0 Å². The molecule has 0 atom stereocenters. The number of amides is 1. The third kappa shape index (κ3) is 3.57. The minimum atomic E-state index is -3.51. The van der Waals surface area contributed by atoms with Crippen LogP contribution in [0, 0.1) is 0 Å². The number of aromatic nitrogens is 2. The van der Waals surface area contributed by atoms with Gasteiger partial charge in [-0.25, -0.2) is 13.4 Å². The summed E-state index contributed by atoms with van der Waals surface area (Å²) in [6, 6.07) is 13.7. The lowest BCUT2D eigenvalue weighted by Crippen LogP contribution is -2.16. The number of nitrogens with one attached hydrogen (secondary N) is 1. The van der Waals surface area contributed by atoms with Crippen LogP contribution in [0.5, 0.6) is 0 Å². The molecule has 1 aromatic heterocycles. The molecule has 3 aromatic rings. The van der Waals surface area contributed by atoms with E-state index in [0.29, 0.717) is 5.69 Å². The number of nitrogens with zero attached hydrogens (tertiary/aromatic N) is 2. The zero-order valence-corrected chi connectivity index (χ0v) is 16.4. The van der Waals surface area contributed by atoms with Crippen LogP contribution in [0.25, 0.3) is 11.3 Å². The smallest absolute Gasteiger partial charge is 0.257 e. The van der Waals surface area contributed by atoms with Crippen LogP contribution in [0.4, 0.5) is 5.69 Å². The topological polar surface area (TPSA) is 81.1 Å². The third-order valence-corrected chi connectivity index (χ3v) is 6.05. The average Bonchev–Trinajstić information content (AvgIpc) is 3.12. The molecule has 144 valence electrons. The minimum Gasteiger partial charge on any atom is -0.334 e. The van der Waals surface area contributed by atoms with Crippen LogP contribution >= 0.6 is 0 Å². The molecule has 4 rings (SSSR count). The van der Waals surface area contributed by atoms with Crippen LogP contribution < -0.4 is 5.32 Å². The Bertz CT molecular complexity index is 1130. The van der Waals surface area contributed by atoms with Gasteiger partial charge in [0.05, 0.1) is 21.8 Å². The number of imidazole rings is 1. The van der Waals surface area contributed by atoms with Gasteiger partial charge in [0.15, 0.2) is 9.84 Å². The molecular weight excluding hydrogens is 374 g/mol. The monoisotopic (exact) mass is 395 g/mol. The second kappa shape index (κ2) is 7.24. The van der Waals surface area contributed by atoms with Crippen LogP contribution in [-0.2, 0) is 22.8 Å². The highest BCUT2D eigenvalue weighted by molar-refractivity contribution is 7.90. The maximum absolute atomic E-state index is 12.9. The van der Waals surface area contributed by atoms with Gasteiger partial charge >= 0.3 is 0 Å². The highest BCUT2D eigenvalue weighted by Crippen LogP contribution is 2.29. The number of sulfone groups is 1. The number of carbonyl (C=O) groups excluding carboxylic acids is 1. The summed E-state index contributed by atoms with van der Waals surface area (Å²) in [4.78, 5) is 17.6. The SMILES string of the molecule is CS(=O)(=O)c1ccccc1C(=O)Nc1ccccc1-c1cn2c(n1)CCCC2. The Hall–Kier alpha value is -2.93. The summed E-state index contributed by atoms with van der Waals surface area (Å²) in [5.74, 6) is 0.599. The van der Waals surface area contributed by atoms with Crippen LogP contribution in [-0.4, -0.2) is 30.1 Å². The second-order valence-electron chi connectivity index (χ2n) is 6.96. The number of aryl methyl sites for hydroxylation is 2. The Kier molecular flexibility index (Phi) is 4.77. The van der Waals surface area contributed by atoms with E-state index in [9.17, 15) is 13.2 Å². The third-order valence-electron chi connectivity index (χ3n) is 4.89.